The minimum atomic E-state index is -0.601. The standard InChI is InChI=1S/C25H31N7O3/c1-15-11-22(21(23(27-15)24(26)34)13-18-5-4-6-20(12-18)35-3)25-29-31-32(30-25)14-17-7-9-19(10-8-17)28-16(2)33/h4-6,11-12,17,19H,7-10,13-14H2,1-3H3,(H2,26,34)(H,28,33). The number of carbonyl (C=O) groups excluding carboxylic acids is 2. The molecular weight excluding hydrogens is 446 g/mol. The molecule has 2 aromatic heterocycles. The van der Waals surface area contributed by atoms with Crippen molar-refractivity contribution in [2.24, 2.45) is 11.7 Å². The minimum absolute atomic E-state index is 0.0174. The number of aryl methyl sites for hydroxylation is 1. The maximum atomic E-state index is 12.3. The number of pyridine rings is 1. The zero-order valence-corrected chi connectivity index (χ0v) is 20.3. The molecule has 35 heavy (non-hydrogen) atoms. The third-order valence-corrected chi connectivity index (χ3v) is 6.37. The summed E-state index contributed by atoms with van der Waals surface area (Å²) >= 11 is 0. The third kappa shape index (κ3) is 6.00. The van der Waals surface area contributed by atoms with Crippen LogP contribution in [0, 0.1) is 12.8 Å². The molecule has 0 bridgehead atoms. The van der Waals surface area contributed by atoms with E-state index in [-0.39, 0.29) is 17.6 Å². The molecule has 0 spiro atoms. The second-order valence-electron chi connectivity index (χ2n) is 9.12. The van der Waals surface area contributed by atoms with Crippen molar-refractivity contribution in [3.05, 3.63) is 52.8 Å². The number of hydrogen-bond donors (Lipinski definition) is 2. The number of nitrogens with zero attached hydrogens (tertiary/aromatic N) is 5. The van der Waals surface area contributed by atoms with Gasteiger partial charge in [-0.25, -0.2) is 4.98 Å². The lowest BCUT2D eigenvalue weighted by Gasteiger charge is -2.28. The molecule has 10 heteroatoms. The summed E-state index contributed by atoms with van der Waals surface area (Å²) in [7, 11) is 1.61. The van der Waals surface area contributed by atoms with Crippen LogP contribution in [-0.4, -0.2) is 50.2 Å². The molecule has 1 aliphatic carbocycles. The summed E-state index contributed by atoms with van der Waals surface area (Å²) < 4.78 is 5.34. The Balaban J connectivity index is 1.58. The van der Waals surface area contributed by atoms with E-state index in [4.69, 9.17) is 10.5 Å². The molecule has 0 unspecified atom stereocenters. The first-order chi connectivity index (χ1) is 16.8. The van der Waals surface area contributed by atoms with Crippen LogP contribution >= 0.6 is 0 Å². The highest BCUT2D eigenvalue weighted by Crippen LogP contribution is 2.28. The largest absolute Gasteiger partial charge is 0.497 e. The fraction of sp³-hybridized carbons (Fsp3) is 0.440. The van der Waals surface area contributed by atoms with Crippen molar-refractivity contribution < 1.29 is 14.3 Å². The summed E-state index contributed by atoms with van der Waals surface area (Å²) in [6, 6.07) is 9.74. The van der Waals surface area contributed by atoms with Gasteiger partial charge in [0.05, 0.1) is 13.7 Å². The summed E-state index contributed by atoms with van der Waals surface area (Å²) in [5, 5.41) is 16.2. The van der Waals surface area contributed by atoms with Gasteiger partial charge in [-0.1, -0.05) is 12.1 Å². The molecule has 2 amide bonds. The maximum Gasteiger partial charge on any atom is 0.267 e. The SMILES string of the molecule is COc1cccc(Cc2c(-c3nnn(CC4CCC(NC(C)=O)CC4)n3)cc(C)nc2C(N)=O)c1. The van der Waals surface area contributed by atoms with Crippen molar-refractivity contribution in [3.8, 4) is 17.1 Å². The van der Waals surface area contributed by atoms with Gasteiger partial charge in [0.2, 0.25) is 11.7 Å². The lowest BCUT2D eigenvalue weighted by Crippen LogP contribution is -2.36. The summed E-state index contributed by atoms with van der Waals surface area (Å²) in [6.45, 7) is 4.01. The number of hydrogen-bond acceptors (Lipinski definition) is 7. The fourth-order valence-electron chi connectivity index (χ4n) is 4.70. The second kappa shape index (κ2) is 10.6. The smallest absolute Gasteiger partial charge is 0.267 e. The first-order valence-electron chi connectivity index (χ1n) is 11.8. The van der Waals surface area contributed by atoms with Crippen LogP contribution in [0.3, 0.4) is 0 Å². The van der Waals surface area contributed by atoms with Crippen molar-refractivity contribution in [3.63, 3.8) is 0 Å². The van der Waals surface area contributed by atoms with E-state index in [9.17, 15) is 9.59 Å². The number of rotatable bonds is 8. The summed E-state index contributed by atoms with van der Waals surface area (Å²) in [4.78, 5) is 29.6. The van der Waals surface area contributed by atoms with Gasteiger partial charge >= 0.3 is 0 Å². The number of primary amides is 1. The number of tetrazole rings is 1. The van der Waals surface area contributed by atoms with Crippen LogP contribution in [0.5, 0.6) is 5.75 Å². The minimum Gasteiger partial charge on any atom is -0.497 e. The molecular formula is C25H31N7O3. The van der Waals surface area contributed by atoms with Gasteiger partial charge in [0.1, 0.15) is 11.4 Å². The Kier molecular flexibility index (Phi) is 7.38. The number of nitrogens with two attached hydrogens (primary N) is 1. The highest BCUT2D eigenvalue weighted by atomic mass is 16.5. The number of aromatic nitrogens is 5. The number of ether oxygens (including phenoxy) is 1. The van der Waals surface area contributed by atoms with E-state index in [1.54, 1.807) is 18.8 Å². The Morgan fingerprint density at radius 1 is 1.20 bits per heavy atom. The summed E-state index contributed by atoms with van der Waals surface area (Å²) in [5.74, 6) is 0.989. The van der Waals surface area contributed by atoms with E-state index in [1.165, 1.54) is 0 Å². The molecule has 0 atom stereocenters. The molecule has 1 aromatic carbocycles. The summed E-state index contributed by atoms with van der Waals surface area (Å²) in [6.07, 6.45) is 4.29. The fourth-order valence-corrected chi connectivity index (χ4v) is 4.70. The van der Waals surface area contributed by atoms with Crippen LogP contribution in [0.25, 0.3) is 11.4 Å². The first-order valence-corrected chi connectivity index (χ1v) is 11.8. The van der Waals surface area contributed by atoms with Crippen molar-refractivity contribution in [2.75, 3.05) is 7.11 Å². The monoisotopic (exact) mass is 477 g/mol. The zero-order valence-electron chi connectivity index (χ0n) is 20.3. The lowest BCUT2D eigenvalue weighted by atomic mass is 9.86. The first kappa shape index (κ1) is 24.3. The van der Waals surface area contributed by atoms with Crippen molar-refractivity contribution in [2.45, 2.75) is 58.5 Å². The van der Waals surface area contributed by atoms with Crippen LogP contribution in [0.4, 0.5) is 0 Å². The predicted octanol–water partition coefficient (Wildman–Crippen LogP) is 2.44. The van der Waals surface area contributed by atoms with E-state index >= 15 is 0 Å². The second-order valence-corrected chi connectivity index (χ2v) is 9.12. The molecule has 1 aliphatic rings. The summed E-state index contributed by atoms with van der Waals surface area (Å²) in [5.41, 5.74) is 8.84. The van der Waals surface area contributed by atoms with Crippen molar-refractivity contribution in [1.82, 2.24) is 30.5 Å². The molecule has 3 N–H and O–H groups in total. The molecule has 3 aromatic rings. The lowest BCUT2D eigenvalue weighted by molar-refractivity contribution is -0.119. The normalized spacial score (nSPS) is 17.7. The van der Waals surface area contributed by atoms with Crippen LogP contribution in [-0.2, 0) is 17.8 Å². The number of benzene rings is 1. The Morgan fingerprint density at radius 2 is 1.97 bits per heavy atom. The quantitative estimate of drug-likeness (QED) is 0.508. The number of methoxy groups -OCH3 is 1. The van der Waals surface area contributed by atoms with Crippen molar-refractivity contribution in [1.29, 1.82) is 0 Å². The highest BCUT2D eigenvalue weighted by molar-refractivity contribution is 5.94. The van der Waals surface area contributed by atoms with Gasteiger partial charge in [0, 0.05) is 30.6 Å². The molecule has 1 saturated carbocycles. The van der Waals surface area contributed by atoms with Crippen LogP contribution in [0.15, 0.2) is 30.3 Å². The van der Waals surface area contributed by atoms with Gasteiger partial charge in [0.25, 0.3) is 5.91 Å². The van der Waals surface area contributed by atoms with Crippen LogP contribution in [0.1, 0.15) is 59.9 Å². The molecule has 4 rings (SSSR count). The van der Waals surface area contributed by atoms with Gasteiger partial charge < -0.3 is 15.8 Å². The van der Waals surface area contributed by atoms with E-state index in [0.29, 0.717) is 41.5 Å². The van der Waals surface area contributed by atoms with Crippen LogP contribution in [0.2, 0.25) is 0 Å². The molecule has 2 heterocycles. The predicted molar refractivity (Wildman–Crippen MR) is 130 cm³/mol. The van der Waals surface area contributed by atoms with Gasteiger partial charge in [-0.05, 0) is 73.1 Å². The number of carbonyl (C=O) groups is 2. The van der Waals surface area contributed by atoms with Gasteiger partial charge in [-0.15, -0.1) is 10.2 Å². The average Bonchev–Trinajstić information content (AvgIpc) is 3.29. The molecule has 0 saturated heterocycles. The Hall–Kier alpha value is -3.82. The van der Waals surface area contributed by atoms with Gasteiger partial charge in [-0.3, -0.25) is 9.59 Å². The number of nitrogens with one attached hydrogen (secondary N) is 1. The molecule has 0 radical (unpaired) electrons. The van der Waals surface area contributed by atoms with E-state index in [1.807, 2.05) is 37.3 Å². The number of amides is 2. The Labute approximate surface area is 204 Å². The topological polar surface area (TPSA) is 138 Å². The van der Waals surface area contributed by atoms with Gasteiger partial charge in [-0.2, -0.15) is 4.80 Å². The zero-order chi connectivity index (χ0) is 24.9. The highest BCUT2D eigenvalue weighted by Gasteiger charge is 2.24. The third-order valence-electron chi connectivity index (χ3n) is 6.37. The van der Waals surface area contributed by atoms with Crippen LogP contribution < -0.4 is 15.8 Å². The maximum absolute atomic E-state index is 12.3. The van der Waals surface area contributed by atoms with Crippen molar-refractivity contribution >= 4 is 11.8 Å². The van der Waals surface area contributed by atoms with Gasteiger partial charge in [0.15, 0.2) is 0 Å². The van der Waals surface area contributed by atoms with E-state index < -0.39 is 5.91 Å². The molecule has 0 aliphatic heterocycles. The Morgan fingerprint density at radius 3 is 2.66 bits per heavy atom. The molecule has 184 valence electrons. The average molecular weight is 478 g/mol. The molecule has 10 nitrogen and oxygen atoms in total. The van der Waals surface area contributed by atoms with E-state index in [0.717, 1.165) is 37.0 Å². The van der Waals surface area contributed by atoms with E-state index in [2.05, 4.69) is 25.7 Å². The Bertz CT molecular complexity index is 1220. The molecule has 1 fully saturated rings.